The van der Waals surface area contributed by atoms with Crippen LogP contribution in [0.5, 0.6) is 5.75 Å². The minimum atomic E-state index is -3.62. The zero-order valence-corrected chi connectivity index (χ0v) is 11.8. The van der Waals surface area contributed by atoms with E-state index >= 15 is 0 Å². The molecule has 0 fully saturated rings. The molecule has 0 amide bonds. The molecule has 0 bridgehead atoms. The third-order valence-corrected chi connectivity index (χ3v) is 4.19. The van der Waals surface area contributed by atoms with Crippen LogP contribution in [-0.2, 0) is 19.4 Å². The average Bonchev–Trinajstić information content (AvgIpc) is 2.32. The van der Waals surface area contributed by atoms with Gasteiger partial charge in [0.2, 0.25) is 0 Å². The summed E-state index contributed by atoms with van der Waals surface area (Å²) in [6.45, 7) is 4.58. The standard InChI is InChI=1S/C12H13ClO5S/c1-8(2)12(15)18-5-6-19(16,17)9-3-4-11(14)10(13)7-9/h3-4,7,14H,1,5-6H2,2H3. The zero-order chi connectivity index (χ0) is 14.6. The van der Waals surface area contributed by atoms with E-state index in [-0.39, 0.29) is 33.6 Å². The van der Waals surface area contributed by atoms with Crippen molar-refractivity contribution < 1.29 is 23.1 Å². The molecule has 19 heavy (non-hydrogen) atoms. The second kappa shape index (κ2) is 6.08. The quantitative estimate of drug-likeness (QED) is 0.664. The number of benzene rings is 1. The lowest BCUT2D eigenvalue weighted by molar-refractivity contribution is -0.138. The molecule has 0 unspecified atom stereocenters. The molecule has 1 aromatic rings. The maximum atomic E-state index is 11.9. The highest BCUT2D eigenvalue weighted by Gasteiger charge is 2.17. The molecule has 0 radical (unpaired) electrons. The number of hydrogen-bond acceptors (Lipinski definition) is 5. The Hall–Kier alpha value is -1.53. The van der Waals surface area contributed by atoms with Gasteiger partial charge in [-0.05, 0) is 25.1 Å². The maximum Gasteiger partial charge on any atom is 0.333 e. The van der Waals surface area contributed by atoms with Crippen LogP contribution < -0.4 is 0 Å². The van der Waals surface area contributed by atoms with Crippen LogP contribution in [0.3, 0.4) is 0 Å². The Labute approximate surface area is 116 Å². The summed E-state index contributed by atoms with van der Waals surface area (Å²) < 4.78 is 28.5. The molecule has 0 saturated carbocycles. The fourth-order valence-corrected chi connectivity index (χ4v) is 2.52. The van der Waals surface area contributed by atoms with Crippen LogP contribution >= 0.6 is 11.6 Å². The number of phenolic OH excluding ortho intramolecular Hbond substituents is 1. The number of hydrogen-bond donors (Lipinski definition) is 1. The predicted octanol–water partition coefficient (Wildman–Crippen LogP) is 1.94. The molecule has 0 spiro atoms. The molecular weight excluding hydrogens is 292 g/mol. The van der Waals surface area contributed by atoms with E-state index in [0.29, 0.717) is 0 Å². The van der Waals surface area contributed by atoms with Crippen molar-refractivity contribution in [1.82, 2.24) is 0 Å². The number of aromatic hydroxyl groups is 1. The highest BCUT2D eigenvalue weighted by atomic mass is 35.5. The van der Waals surface area contributed by atoms with Gasteiger partial charge in [0.05, 0.1) is 15.7 Å². The number of rotatable bonds is 5. The van der Waals surface area contributed by atoms with E-state index in [1.165, 1.54) is 19.1 Å². The summed E-state index contributed by atoms with van der Waals surface area (Å²) in [6.07, 6.45) is 0. The van der Waals surface area contributed by atoms with Gasteiger partial charge in [0, 0.05) is 5.57 Å². The number of esters is 1. The van der Waals surface area contributed by atoms with Crippen molar-refractivity contribution in [2.24, 2.45) is 0 Å². The lowest BCUT2D eigenvalue weighted by Crippen LogP contribution is -2.16. The number of ether oxygens (including phenoxy) is 1. The summed E-state index contributed by atoms with van der Waals surface area (Å²) >= 11 is 5.63. The van der Waals surface area contributed by atoms with Gasteiger partial charge < -0.3 is 9.84 Å². The third-order valence-electron chi connectivity index (χ3n) is 2.21. The fraction of sp³-hybridized carbons (Fsp3) is 0.250. The van der Waals surface area contributed by atoms with Crippen LogP contribution in [-0.4, -0.2) is 31.9 Å². The molecular formula is C12H13ClO5S. The number of halogens is 1. The van der Waals surface area contributed by atoms with E-state index in [1.807, 2.05) is 0 Å². The van der Waals surface area contributed by atoms with Gasteiger partial charge >= 0.3 is 5.97 Å². The van der Waals surface area contributed by atoms with Crippen LogP contribution in [0.2, 0.25) is 5.02 Å². The predicted molar refractivity (Wildman–Crippen MR) is 70.9 cm³/mol. The van der Waals surface area contributed by atoms with E-state index in [0.717, 1.165) is 6.07 Å². The van der Waals surface area contributed by atoms with E-state index in [4.69, 9.17) is 16.3 Å². The molecule has 0 saturated heterocycles. The van der Waals surface area contributed by atoms with Gasteiger partial charge in [-0.3, -0.25) is 0 Å². The van der Waals surface area contributed by atoms with Crippen molar-refractivity contribution >= 4 is 27.4 Å². The van der Waals surface area contributed by atoms with Gasteiger partial charge in [0.15, 0.2) is 9.84 Å². The molecule has 0 atom stereocenters. The molecule has 0 aromatic heterocycles. The van der Waals surface area contributed by atoms with Gasteiger partial charge in [-0.15, -0.1) is 0 Å². The monoisotopic (exact) mass is 304 g/mol. The normalized spacial score (nSPS) is 11.1. The Morgan fingerprint density at radius 1 is 1.47 bits per heavy atom. The van der Waals surface area contributed by atoms with Crippen LogP contribution in [0.15, 0.2) is 35.2 Å². The molecule has 1 aromatic carbocycles. The summed E-state index contributed by atoms with van der Waals surface area (Å²) in [4.78, 5) is 11.1. The van der Waals surface area contributed by atoms with E-state index < -0.39 is 15.8 Å². The smallest absolute Gasteiger partial charge is 0.333 e. The zero-order valence-electron chi connectivity index (χ0n) is 10.2. The molecule has 104 valence electrons. The van der Waals surface area contributed by atoms with Crippen molar-refractivity contribution in [2.45, 2.75) is 11.8 Å². The molecule has 1 N–H and O–H groups in total. The topological polar surface area (TPSA) is 80.7 Å². The number of carbonyl (C=O) groups is 1. The highest BCUT2D eigenvalue weighted by molar-refractivity contribution is 7.91. The second-order valence-corrected chi connectivity index (χ2v) is 6.36. The Kier molecular flexibility index (Phi) is 4.97. The van der Waals surface area contributed by atoms with Crippen molar-refractivity contribution in [3.8, 4) is 5.75 Å². The Morgan fingerprint density at radius 3 is 2.63 bits per heavy atom. The number of sulfone groups is 1. The van der Waals surface area contributed by atoms with Gasteiger partial charge in [0.25, 0.3) is 0 Å². The van der Waals surface area contributed by atoms with Crippen LogP contribution in [0.25, 0.3) is 0 Å². The van der Waals surface area contributed by atoms with E-state index in [2.05, 4.69) is 6.58 Å². The highest BCUT2D eigenvalue weighted by Crippen LogP contribution is 2.26. The van der Waals surface area contributed by atoms with Crippen molar-refractivity contribution in [3.05, 3.63) is 35.4 Å². The molecule has 0 aliphatic heterocycles. The van der Waals surface area contributed by atoms with Crippen molar-refractivity contribution in [3.63, 3.8) is 0 Å². The lowest BCUT2D eigenvalue weighted by atomic mass is 10.3. The Morgan fingerprint density at radius 2 is 2.11 bits per heavy atom. The van der Waals surface area contributed by atoms with Gasteiger partial charge in [0.1, 0.15) is 12.4 Å². The first kappa shape index (κ1) is 15.5. The molecule has 1 rings (SSSR count). The van der Waals surface area contributed by atoms with Crippen molar-refractivity contribution in [1.29, 1.82) is 0 Å². The first-order chi connectivity index (χ1) is 8.74. The lowest BCUT2D eigenvalue weighted by Gasteiger charge is -2.07. The average molecular weight is 305 g/mol. The number of carbonyl (C=O) groups excluding carboxylic acids is 1. The summed E-state index contributed by atoms with van der Waals surface area (Å²) in [6, 6.07) is 3.57. The van der Waals surface area contributed by atoms with Gasteiger partial charge in [-0.1, -0.05) is 18.2 Å². The minimum absolute atomic E-state index is 0.0401. The van der Waals surface area contributed by atoms with E-state index in [9.17, 15) is 18.3 Å². The third kappa shape index (κ3) is 4.25. The van der Waals surface area contributed by atoms with Gasteiger partial charge in [-0.2, -0.15) is 0 Å². The maximum absolute atomic E-state index is 11.9. The SMILES string of the molecule is C=C(C)C(=O)OCCS(=O)(=O)c1ccc(O)c(Cl)c1. The minimum Gasteiger partial charge on any atom is -0.506 e. The second-order valence-electron chi connectivity index (χ2n) is 3.85. The van der Waals surface area contributed by atoms with Crippen LogP contribution in [0, 0.1) is 0 Å². The fourth-order valence-electron chi connectivity index (χ4n) is 1.17. The first-order valence-corrected chi connectivity index (χ1v) is 7.31. The van der Waals surface area contributed by atoms with Gasteiger partial charge in [-0.25, -0.2) is 13.2 Å². The Bertz CT molecular complexity index is 607. The molecule has 0 aliphatic carbocycles. The summed E-state index contributed by atoms with van der Waals surface area (Å²) in [5, 5.41) is 9.16. The van der Waals surface area contributed by atoms with E-state index in [1.54, 1.807) is 0 Å². The van der Waals surface area contributed by atoms with Crippen LogP contribution in [0.4, 0.5) is 0 Å². The Balaban J connectivity index is 2.73. The van der Waals surface area contributed by atoms with Crippen LogP contribution in [0.1, 0.15) is 6.92 Å². The van der Waals surface area contributed by atoms with Crippen molar-refractivity contribution in [2.75, 3.05) is 12.4 Å². The first-order valence-electron chi connectivity index (χ1n) is 5.28. The molecule has 7 heteroatoms. The summed E-state index contributed by atoms with van der Waals surface area (Å²) in [5.41, 5.74) is 0.199. The summed E-state index contributed by atoms with van der Waals surface area (Å²) in [7, 11) is -3.62. The molecule has 5 nitrogen and oxygen atoms in total. The summed E-state index contributed by atoms with van der Waals surface area (Å²) in [5.74, 6) is -1.21. The number of phenols is 1. The largest absolute Gasteiger partial charge is 0.506 e. The molecule has 0 heterocycles. The molecule has 0 aliphatic rings.